The van der Waals surface area contributed by atoms with E-state index in [0.29, 0.717) is 13.0 Å². The van der Waals surface area contributed by atoms with E-state index in [4.69, 9.17) is 0 Å². The van der Waals surface area contributed by atoms with Crippen LogP contribution >= 0.6 is 0 Å². The molecule has 116 valence electrons. The van der Waals surface area contributed by atoms with E-state index in [0.717, 1.165) is 12.8 Å². The first-order chi connectivity index (χ1) is 9.91. The molecule has 0 radical (unpaired) electrons. The van der Waals surface area contributed by atoms with Gasteiger partial charge in [-0.1, -0.05) is 37.3 Å². The molecule has 1 N–H and O–H groups in total. The Bertz CT molecular complexity index is 591. The van der Waals surface area contributed by atoms with Gasteiger partial charge in [-0.2, -0.15) is 0 Å². The highest BCUT2D eigenvalue weighted by atomic mass is 32.2. The van der Waals surface area contributed by atoms with Crippen molar-refractivity contribution >= 4 is 15.7 Å². The molecule has 0 aromatic heterocycles. The number of carbonyl (C=O) groups excluding carboxylic acids is 1. The lowest BCUT2D eigenvalue weighted by Gasteiger charge is -2.18. The van der Waals surface area contributed by atoms with Crippen LogP contribution in [-0.2, 0) is 20.0 Å². The van der Waals surface area contributed by atoms with Gasteiger partial charge < -0.3 is 5.32 Å². The normalized spacial score (nSPS) is 18.0. The highest BCUT2D eigenvalue weighted by Gasteiger charge is 2.44. The molecular weight excluding hydrogens is 286 g/mol. The predicted octanol–water partition coefficient (Wildman–Crippen LogP) is 2.05. The molecule has 21 heavy (non-hydrogen) atoms. The SMILES string of the molecule is CCCS(=O)(=O)[C@@H](C)C(=O)NCC1(c2ccccc2)CC1. The van der Waals surface area contributed by atoms with Crippen LogP contribution in [0.5, 0.6) is 0 Å². The van der Waals surface area contributed by atoms with Gasteiger partial charge in [0.25, 0.3) is 0 Å². The molecular formula is C16H23NO3S. The quantitative estimate of drug-likeness (QED) is 0.838. The van der Waals surface area contributed by atoms with E-state index in [1.807, 2.05) is 18.2 Å². The zero-order valence-corrected chi connectivity index (χ0v) is 13.4. The van der Waals surface area contributed by atoms with E-state index in [-0.39, 0.29) is 17.1 Å². The van der Waals surface area contributed by atoms with Gasteiger partial charge in [0.1, 0.15) is 5.25 Å². The maximum absolute atomic E-state index is 12.1. The van der Waals surface area contributed by atoms with Gasteiger partial charge in [-0.3, -0.25) is 4.79 Å². The van der Waals surface area contributed by atoms with Crippen LogP contribution in [-0.4, -0.2) is 31.9 Å². The molecule has 0 bridgehead atoms. The van der Waals surface area contributed by atoms with E-state index in [1.165, 1.54) is 12.5 Å². The van der Waals surface area contributed by atoms with E-state index in [1.54, 1.807) is 6.92 Å². The van der Waals surface area contributed by atoms with Crippen molar-refractivity contribution in [2.45, 2.75) is 43.8 Å². The molecule has 0 heterocycles. The minimum Gasteiger partial charge on any atom is -0.354 e. The average Bonchev–Trinajstić information content (AvgIpc) is 3.26. The van der Waals surface area contributed by atoms with Gasteiger partial charge in [0, 0.05) is 12.0 Å². The van der Waals surface area contributed by atoms with E-state index < -0.39 is 15.1 Å². The molecule has 1 amide bonds. The third kappa shape index (κ3) is 3.64. The molecule has 1 aliphatic carbocycles. The summed E-state index contributed by atoms with van der Waals surface area (Å²) in [7, 11) is -3.33. The van der Waals surface area contributed by atoms with Crippen molar-refractivity contribution in [1.82, 2.24) is 5.32 Å². The Kier molecular flexibility index (Phi) is 4.71. The molecule has 1 saturated carbocycles. The lowest BCUT2D eigenvalue weighted by atomic mass is 9.96. The Morgan fingerprint density at radius 1 is 1.29 bits per heavy atom. The molecule has 1 aromatic rings. The van der Waals surface area contributed by atoms with Crippen LogP contribution < -0.4 is 5.32 Å². The van der Waals surface area contributed by atoms with Crippen LogP contribution in [0.25, 0.3) is 0 Å². The van der Waals surface area contributed by atoms with Crippen LogP contribution in [0.15, 0.2) is 30.3 Å². The molecule has 0 unspecified atom stereocenters. The Morgan fingerprint density at radius 3 is 2.43 bits per heavy atom. The second-order valence-electron chi connectivity index (χ2n) is 5.87. The van der Waals surface area contributed by atoms with E-state index in [9.17, 15) is 13.2 Å². The lowest BCUT2D eigenvalue weighted by molar-refractivity contribution is -0.120. The summed E-state index contributed by atoms with van der Waals surface area (Å²) in [4.78, 5) is 12.1. The molecule has 1 aliphatic rings. The summed E-state index contributed by atoms with van der Waals surface area (Å²) in [6.45, 7) is 3.79. The number of carbonyl (C=O) groups is 1. The summed E-state index contributed by atoms with van der Waals surface area (Å²) in [6.07, 6.45) is 2.61. The van der Waals surface area contributed by atoms with E-state index >= 15 is 0 Å². The topological polar surface area (TPSA) is 63.2 Å². The fourth-order valence-corrected chi connectivity index (χ4v) is 3.87. The van der Waals surface area contributed by atoms with Gasteiger partial charge in [-0.25, -0.2) is 8.42 Å². The third-order valence-electron chi connectivity index (χ3n) is 4.24. The van der Waals surface area contributed by atoms with Crippen LogP contribution in [0.3, 0.4) is 0 Å². The van der Waals surface area contributed by atoms with Gasteiger partial charge in [0.2, 0.25) is 5.91 Å². The largest absolute Gasteiger partial charge is 0.354 e. The number of benzene rings is 1. The van der Waals surface area contributed by atoms with Crippen LogP contribution in [0, 0.1) is 0 Å². The smallest absolute Gasteiger partial charge is 0.238 e. The van der Waals surface area contributed by atoms with Gasteiger partial charge in [0.05, 0.1) is 5.75 Å². The van der Waals surface area contributed by atoms with Crippen molar-refractivity contribution in [3.05, 3.63) is 35.9 Å². The van der Waals surface area contributed by atoms with Crippen molar-refractivity contribution in [2.75, 3.05) is 12.3 Å². The third-order valence-corrected chi connectivity index (χ3v) is 6.51. The number of amides is 1. The summed E-state index contributed by atoms with van der Waals surface area (Å²) in [5, 5.41) is 1.86. The monoisotopic (exact) mass is 309 g/mol. The van der Waals surface area contributed by atoms with Crippen LogP contribution in [0.2, 0.25) is 0 Å². The Morgan fingerprint density at radius 2 is 1.90 bits per heavy atom. The fraction of sp³-hybridized carbons (Fsp3) is 0.562. The summed E-state index contributed by atoms with van der Waals surface area (Å²) in [6, 6.07) is 10.1. The molecule has 0 spiro atoms. The maximum atomic E-state index is 12.1. The molecule has 1 fully saturated rings. The standard InChI is InChI=1S/C16H23NO3S/c1-3-11-21(19,20)13(2)15(18)17-12-16(9-10-16)14-7-5-4-6-8-14/h4-8,13H,3,9-12H2,1-2H3,(H,17,18)/t13-/m0/s1. The first kappa shape index (κ1) is 16.0. The highest BCUT2D eigenvalue weighted by Crippen LogP contribution is 2.47. The second-order valence-corrected chi connectivity index (χ2v) is 8.31. The summed E-state index contributed by atoms with van der Waals surface area (Å²) in [5.41, 5.74) is 1.22. The Hall–Kier alpha value is -1.36. The molecule has 2 rings (SSSR count). The summed E-state index contributed by atoms with van der Waals surface area (Å²) < 4.78 is 23.8. The van der Waals surface area contributed by atoms with E-state index in [2.05, 4.69) is 17.4 Å². The van der Waals surface area contributed by atoms with Crippen molar-refractivity contribution in [3.63, 3.8) is 0 Å². The first-order valence-corrected chi connectivity index (χ1v) is 9.18. The minimum atomic E-state index is -3.33. The van der Waals surface area contributed by atoms with Gasteiger partial charge in [0.15, 0.2) is 9.84 Å². The lowest BCUT2D eigenvalue weighted by Crippen LogP contribution is -2.42. The maximum Gasteiger partial charge on any atom is 0.238 e. The van der Waals surface area contributed by atoms with Crippen LogP contribution in [0.4, 0.5) is 0 Å². The Balaban J connectivity index is 1.96. The molecule has 5 heteroatoms. The highest BCUT2D eigenvalue weighted by molar-refractivity contribution is 7.92. The predicted molar refractivity (Wildman–Crippen MR) is 83.9 cm³/mol. The molecule has 0 saturated heterocycles. The zero-order valence-electron chi connectivity index (χ0n) is 12.6. The number of hydrogen-bond donors (Lipinski definition) is 1. The summed E-state index contributed by atoms with van der Waals surface area (Å²) >= 11 is 0. The average molecular weight is 309 g/mol. The number of nitrogens with one attached hydrogen (secondary N) is 1. The van der Waals surface area contributed by atoms with Crippen LogP contribution in [0.1, 0.15) is 38.7 Å². The van der Waals surface area contributed by atoms with Gasteiger partial charge >= 0.3 is 0 Å². The molecule has 1 aromatic carbocycles. The van der Waals surface area contributed by atoms with Gasteiger partial charge in [-0.15, -0.1) is 0 Å². The second kappa shape index (κ2) is 6.18. The molecule has 4 nitrogen and oxygen atoms in total. The van der Waals surface area contributed by atoms with Crippen molar-refractivity contribution < 1.29 is 13.2 Å². The first-order valence-electron chi connectivity index (χ1n) is 7.46. The number of sulfone groups is 1. The zero-order chi connectivity index (χ0) is 15.5. The Labute approximate surface area is 126 Å². The van der Waals surface area contributed by atoms with Gasteiger partial charge in [-0.05, 0) is 31.7 Å². The molecule has 1 atom stereocenters. The minimum absolute atomic E-state index is 0.00512. The molecule has 0 aliphatic heterocycles. The summed E-state index contributed by atoms with van der Waals surface area (Å²) in [5.74, 6) is -0.323. The van der Waals surface area contributed by atoms with Crippen molar-refractivity contribution in [1.29, 1.82) is 0 Å². The van der Waals surface area contributed by atoms with Crippen molar-refractivity contribution in [3.8, 4) is 0 Å². The fourth-order valence-electron chi connectivity index (χ4n) is 2.53. The number of rotatable bonds is 7. The number of hydrogen-bond acceptors (Lipinski definition) is 3. The van der Waals surface area contributed by atoms with Crippen molar-refractivity contribution in [2.24, 2.45) is 0 Å².